The molecular formula is C14H13ClF3N5O2. The summed E-state index contributed by atoms with van der Waals surface area (Å²) < 4.78 is 46.8. The van der Waals surface area contributed by atoms with Gasteiger partial charge in [-0.25, -0.2) is 15.8 Å². The van der Waals surface area contributed by atoms with E-state index < -0.39 is 12.6 Å². The average molecular weight is 376 g/mol. The first-order valence-corrected chi connectivity index (χ1v) is 7.07. The first-order chi connectivity index (χ1) is 11.8. The lowest BCUT2D eigenvalue weighted by atomic mass is 10.3. The number of anilines is 1. The molecule has 0 fully saturated rings. The minimum absolute atomic E-state index is 0.00705. The molecule has 0 aliphatic carbocycles. The Morgan fingerprint density at radius 2 is 2.08 bits per heavy atom. The molecule has 0 saturated heterocycles. The van der Waals surface area contributed by atoms with Gasteiger partial charge in [0.2, 0.25) is 11.8 Å². The van der Waals surface area contributed by atoms with Crippen molar-refractivity contribution < 1.29 is 22.6 Å². The normalized spacial score (nSPS) is 11.5. The van der Waals surface area contributed by atoms with E-state index in [2.05, 4.69) is 14.7 Å². The van der Waals surface area contributed by atoms with Crippen molar-refractivity contribution in [1.29, 1.82) is 0 Å². The van der Waals surface area contributed by atoms with Crippen LogP contribution in [-0.4, -0.2) is 23.2 Å². The van der Waals surface area contributed by atoms with Gasteiger partial charge in [-0.15, -0.1) is 0 Å². The Morgan fingerprint density at radius 1 is 1.32 bits per heavy atom. The van der Waals surface area contributed by atoms with Crippen LogP contribution in [0.2, 0.25) is 5.02 Å². The van der Waals surface area contributed by atoms with Crippen molar-refractivity contribution in [2.75, 3.05) is 11.6 Å². The largest absolute Gasteiger partial charge is 0.470 e. The number of nitrogens with zero attached hydrogens (tertiary/aromatic N) is 3. The zero-order chi connectivity index (χ0) is 18.4. The Morgan fingerprint density at radius 3 is 2.72 bits per heavy atom. The molecule has 0 spiro atoms. The average Bonchev–Trinajstić information content (AvgIpc) is 2.56. The molecule has 2 rings (SSSR count). The van der Waals surface area contributed by atoms with Crippen molar-refractivity contribution in [3.63, 3.8) is 0 Å². The lowest BCUT2D eigenvalue weighted by Crippen LogP contribution is -2.27. The highest BCUT2D eigenvalue weighted by Crippen LogP contribution is 2.30. The number of halogens is 4. The number of ether oxygens (including phenoxy) is 2. The summed E-state index contributed by atoms with van der Waals surface area (Å²) in [7, 11) is 0. The minimum atomic E-state index is -3.02. The lowest BCUT2D eigenvalue weighted by molar-refractivity contribution is -0.0497. The van der Waals surface area contributed by atoms with Crippen LogP contribution >= 0.6 is 11.6 Å². The van der Waals surface area contributed by atoms with E-state index >= 15 is 0 Å². The summed E-state index contributed by atoms with van der Waals surface area (Å²) in [5.74, 6) is 4.89. The first kappa shape index (κ1) is 18.6. The molecule has 0 saturated carbocycles. The van der Waals surface area contributed by atoms with Gasteiger partial charge in [-0.3, -0.25) is 5.01 Å². The van der Waals surface area contributed by atoms with Crippen molar-refractivity contribution in [1.82, 2.24) is 9.97 Å². The molecule has 1 aromatic carbocycles. The number of nitrogens with two attached hydrogens (primary N) is 2. The van der Waals surface area contributed by atoms with Crippen LogP contribution in [0.4, 0.5) is 18.9 Å². The van der Waals surface area contributed by atoms with E-state index in [1.54, 1.807) is 0 Å². The second-order valence-electron chi connectivity index (χ2n) is 4.57. The number of alkyl halides is 2. The predicted octanol–water partition coefficient (Wildman–Crippen LogP) is 2.43. The summed E-state index contributed by atoms with van der Waals surface area (Å²) in [6.07, 6.45) is 3.28. The third kappa shape index (κ3) is 5.69. The van der Waals surface area contributed by atoms with Crippen LogP contribution in [0.15, 0.2) is 42.5 Å². The maximum Gasteiger partial charge on any atom is 0.387 e. The summed E-state index contributed by atoms with van der Waals surface area (Å²) in [5, 5.41) is 1.08. The van der Waals surface area contributed by atoms with Crippen LogP contribution in [0, 0.1) is 5.95 Å². The van der Waals surface area contributed by atoms with Crippen LogP contribution in [0.5, 0.6) is 11.6 Å². The minimum Gasteiger partial charge on any atom is -0.470 e. The fourth-order valence-electron chi connectivity index (χ4n) is 1.66. The van der Waals surface area contributed by atoms with Crippen molar-refractivity contribution in [2.45, 2.75) is 6.61 Å². The Hall–Kier alpha value is -2.72. The zero-order valence-corrected chi connectivity index (χ0v) is 13.3. The molecule has 0 aliphatic rings. The van der Waals surface area contributed by atoms with Gasteiger partial charge >= 0.3 is 6.61 Å². The molecule has 7 nitrogen and oxygen atoms in total. The molecule has 0 bridgehead atoms. The van der Waals surface area contributed by atoms with Crippen LogP contribution in [-0.2, 0) is 0 Å². The molecule has 25 heavy (non-hydrogen) atoms. The summed E-state index contributed by atoms with van der Waals surface area (Å²) in [4.78, 5) is 7.02. The molecular weight excluding hydrogens is 363 g/mol. The van der Waals surface area contributed by atoms with Crippen LogP contribution < -0.4 is 26.1 Å². The monoisotopic (exact) mass is 375 g/mol. The van der Waals surface area contributed by atoms with E-state index in [0.717, 1.165) is 17.4 Å². The number of aromatic nitrogens is 2. The van der Waals surface area contributed by atoms with Crippen molar-refractivity contribution >= 4 is 17.3 Å². The Kier molecular flexibility index (Phi) is 6.25. The molecule has 0 aliphatic heterocycles. The number of hydrogen-bond acceptors (Lipinski definition) is 7. The smallest absolute Gasteiger partial charge is 0.387 e. The molecule has 0 radical (unpaired) electrons. The van der Waals surface area contributed by atoms with Gasteiger partial charge in [0.05, 0.1) is 28.8 Å². The molecule has 0 unspecified atom stereocenters. The number of rotatable bonds is 7. The van der Waals surface area contributed by atoms with E-state index in [1.165, 1.54) is 24.4 Å². The van der Waals surface area contributed by atoms with Gasteiger partial charge in [0.25, 0.3) is 0 Å². The molecule has 4 N–H and O–H groups in total. The molecule has 11 heteroatoms. The van der Waals surface area contributed by atoms with Crippen LogP contribution in [0.1, 0.15) is 0 Å². The highest BCUT2D eigenvalue weighted by atomic mass is 35.5. The molecule has 0 amide bonds. The van der Waals surface area contributed by atoms with Crippen molar-refractivity contribution in [3.05, 3.63) is 53.5 Å². The number of hydrogen-bond donors (Lipinski definition) is 2. The van der Waals surface area contributed by atoms with Gasteiger partial charge in [0.1, 0.15) is 12.4 Å². The van der Waals surface area contributed by atoms with Gasteiger partial charge in [-0.05, 0) is 12.1 Å². The third-order valence-electron chi connectivity index (χ3n) is 2.72. The van der Waals surface area contributed by atoms with E-state index in [0.29, 0.717) is 5.69 Å². The second-order valence-corrected chi connectivity index (χ2v) is 4.98. The lowest BCUT2D eigenvalue weighted by Gasteiger charge is -2.17. The number of hydrazine groups is 1. The predicted molar refractivity (Wildman–Crippen MR) is 84.5 cm³/mol. The van der Waals surface area contributed by atoms with E-state index in [4.69, 9.17) is 27.9 Å². The zero-order valence-electron chi connectivity index (χ0n) is 12.6. The fourth-order valence-corrected chi connectivity index (χ4v) is 1.82. The molecule has 1 aromatic heterocycles. The van der Waals surface area contributed by atoms with Gasteiger partial charge in [0, 0.05) is 12.3 Å². The maximum atomic E-state index is 12.6. The Labute approximate surface area is 145 Å². The summed E-state index contributed by atoms with van der Waals surface area (Å²) in [6.45, 7) is -3.13. The molecule has 1 heterocycles. The highest BCUT2D eigenvalue weighted by Gasteiger charge is 2.11. The highest BCUT2D eigenvalue weighted by molar-refractivity contribution is 6.32. The molecule has 0 atom stereocenters. The van der Waals surface area contributed by atoms with Gasteiger partial charge in [0.15, 0.2) is 0 Å². The van der Waals surface area contributed by atoms with Crippen LogP contribution in [0.3, 0.4) is 0 Å². The SMILES string of the molecule is N/C(=C\N(N)c1ccc(Cl)c(OC(F)F)c1)COc1cnc(F)cn1. The quantitative estimate of drug-likeness (QED) is 0.566. The van der Waals surface area contributed by atoms with Gasteiger partial charge in [-0.1, -0.05) is 11.6 Å². The Balaban J connectivity index is 2.02. The van der Waals surface area contributed by atoms with Gasteiger partial charge < -0.3 is 15.2 Å². The third-order valence-corrected chi connectivity index (χ3v) is 3.03. The topological polar surface area (TPSA) is 99.5 Å². The first-order valence-electron chi connectivity index (χ1n) is 6.70. The maximum absolute atomic E-state index is 12.6. The number of benzene rings is 1. The molecule has 134 valence electrons. The van der Waals surface area contributed by atoms with E-state index in [9.17, 15) is 13.2 Å². The van der Waals surface area contributed by atoms with E-state index in [-0.39, 0.29) is 29.0 Å². The fraction of sp³-hybridized carbons (Fsp3) is 0.143. The summed E-state index contributed by atoms with van der Waals surface area (Å²) >= 11 is 5.76. The van der Waals surface area contributed by atoms with Gasteiger partial charge in [-0.2, -0.15) is 13.2 Å². The standard InChI is InChI=1S/C14H13ClF3N5O2/c15-10-2-1-9(3-11(10)25-14(17)18)23(20)6-8(19)7-24-13-5-21-12(16)4-22-13/h1-6,14H,7,19-20H2/b8-6-. The summed E-state index contributed by atoms with van der Waals surface area (Å²) in [5.41, 5.74) is 6.23. The van der Waals surface area contributed by atoms with Crippen LogP contribution in [0.25, 0.3) is 0 Å². The van der Waals surface area contributed by atoms with Crippen molar-refractivity contribution in [2.24, 2.45) is 11.6 Å². The summed E-state index contributed by atoms with van der Waals surface area (Å²) in [6, 6.07) is 4.06. The van der Waals surface area contributed by atoms with Crippen molar-refractivity contribution in [3.8, 4) is 11.6 Å². The second kappa shape index (κ2) is 8.40. The van der Waals surface area contributed by atoms with E-state index in [1.807, 2.05) is 0 Å². The Bertz CT molecular complexity index is 746. The molecule has 2 aromatic rings.